The third-order valence-electron chi connectivity index (χ3n) is 5.71. The van der Waals surface area contributed by atoms with Gasteiger partial charge in [-0.2, -0.15) is 0 Å². The van der Waals surface area contributed by atoms with Gasteiger partial charge in [0.15, 0.2) is 0 Å². The predicted octanol–water partition coefficient (Wildman–Crippen LogP) is 2.52. The van der Waals surface area contributed by atoms with Crippen LogP contribution in [0.2, 0.25) is 0 Å². The van der Waals surface area contributed by atoms with E-state index in [4.69, 9.17) is 4.74 Å². The first-order chi connectivity index (χ1) is 9.60. The summed E-state index contributed by atoms with van der Waals surface area (Å²) >= 11 is 0. The fraction of sp³-hybridized carbons (Fsp3) is 0.938. The van der Waals surface area contributed by atoms with Crippen molar-refractivity contribution in [2.45, 2.75) is 63.5 Å². The minimum Gasteiger partial charge on any atom is -0.481 e. The molecule has 0 aromatic carbocycles. The first kappa shape index (κ1) is 14.3. The fourth-order valence-electron chi connectivity index (χ4n) is 4.48. The van der Waals surface area contributed by atoms with Crippen LogP contribution in [-0.2, 0) is 9.53 Å². The van der Waals surface area contributed by atoms with Crippen molar-refractivity contribution >= 4 is 5.97 Å². The molecule has 1 N–H and O–H groups in total. The van der Waals surface area contributed by atoms with Gasteiger partial charge in [-0.15, -0.1) is 0 Å². The van der Waals surface area contributed by atoms with Crippen molar-refractivity contribution in [3.63, 3.8) is 0 Å². The van der Waals surface area contributed by atoms with Crippen LogP contribution < -0.4 is 0 Å². The third-order valence-corrected chi connectivity index (χ3v) is 5.71. The summed E-state index contributed by atoms with van der Waals surface area (Å²) in [5.74, 6) is -0.530. The average Bonchev–Trinajstić information content (AvgIpc) is 2.82. The maximum Gasteiger partial charge on any atom is 0.308 e. The Labute approximate surface area is 121 Å². The fourth-order valence-corrected chi connectivity index (χ4v) is 4.48. The minimum atomic E-state index is -0.626. The number of nitrogens with zero attached hydrogens (tertiary/aromatic N) is 1. The van der Waals surface area contributed by atoms with E-state index in [9.17, 15) is 9.90 Å². The second kappa shape index (κ2) is 5.64. The molecule has 3 rings (SSSR count). The third kappa shape index (κ3) is 2.73. The molecule has 0 radical (unpaired) electrons. The summed E-state index contributed by atoms with van der Waals surface area (Å²) in [7, 11) is 0. The van der Waals surface area contributed by atoms with E-state index in [1.54, 1.807) is 0 Å². The molecule has 4 heteroatoms. The molecule has 2 aliphatic heterocycles. The van der Waals surface area contributed by atoms with Gasteiger partial charge in [0, 0.05) is 25.7 Å². The van der Waals surface area contributed by atoms with Crippen LogP contribution in [-0.4, -0.2) is 47.3 Å². The summed E-state index contributed by atoms with van der Waals surface area (Å²) in [6, 6.07) is 0.536. The Balaban J connectivity index is 1.64. The zero-order valence-corrected chi connectivity index (χ0v) is 12.5. The molecule has 1 spiro atoms. The zero-order valence-electron chi connectivity index (χ0n) is 12.5. The van der Waals surface area contributed by atoms with Gasteiger partial charge in [-0.3, -0.25) is 9.69 Å². The number of hydrogen-bond donors (Lipinski definition) is 1. The van der Waals surface area contributed by atoms with Crippen molar-refractivity contribution in [2.75, 3.05) is 19.7 Å². The molecule has 114 valence electrons. The highest BCUT2D eigenvalue weighted by Crippen LogP contribution is 2.41. The second-order valence-corrected chi connectivity index (χ2v) is 7.11. The summed E-state index contributed by atoms with van der Waals surface area (Å²) in [6.07, 6.45) is 8.52. The van der Waals surface area contributed by atoms with Crippen LogP contribution in [0.4, 0.5) is 0 Å². The minimum absolute atomic E-state index is 0.117. The normalized spacial score (nSPS) is 38.1. The molecule has 3 fully saturated rings. The number of hydrogen-bond acceptors (Lipinski definition) is 3. The molecule has 0 aromatic rings. The SMILES string of the molecule is CC1CN(C2CCOC3(CCCCC3)C2)CC1C(=O)O. The number of rotatable bonds is 2. The van der Waals surface area contributed by atoms with E-state index in [1.165, 1.54) is 32.1 Å². The average molecular weight is 281 g/mol. The van der Waals surface area contributed by atoms with Crippen LogP contribution in [0.3, 0.4) is 0 Å². The molecule has 2 heterocycles. The molecule has 3 atom stereocenters. The van der Waals surface area contributed by atoms with Gasteiger partial charge >= 0.3 is 5.97 Å². The summed E-state index contributed by atoms with van der Waals surface area (Å²) < 4.78 is 6.15. The van der Waals surface area contributed by atoms with Gasteiger partial charge in [0.25, 0.3) is 0 Å². The molecule has 3 unspecified atom stereocenters. The highest BCUT2D eigenvalue weighted by atomic mass is 16.5. The smallest absolute Gasteiger partial charge is 0.308 e. The van der Waals surface area contributed by atoms with Crippen LogP contribution in [0.25, 0.3) is 0 Å². The Hall–Kier alpha value is -0.610. The largest absolute Gasteiger partial charge is 0.481 e. The lowest BCUT2D eigenvalue weighted by Gasteiger charge is -2.46. The van der Waals surface area contributed by atoms with Crippen LogP contribution in [0, 0.1) is 11.8 Å². The molecule has 0 aromatic heterocycles. The second-order valence-electron chi connectivity index (χ2n) is 7.11. The van der Waals surface area contributed by atoms with Crippen molar-refractivity contribution in [1.82, 2.24) is 4.90 Å². The molecule has 3 aliphatic rings. The quantitative estimate of drug-likeness (QED) is 0.845. The molecule has 0 bridgehead atoms. The Morgan fingerprint density at radius 3 is 2.65 bits per heavy atom. The monoisotopic (exact) mass is 281 g/mol. The van der Waals surface area contributed by atoms with E-state index in [-0.39, 0.29) is 17.4 Å². The molecule has 20 heavy (non-hydrogen) atoms. The number of carboxylic acid groups (broad SMARTS) is 1. The van der Waals surface area contributed by atoms with Crippen molar-refractivity contribution in [3.05, 3.63) is 0 Å². The summed E-state index contributed by atoms with van der Waals surface area (Å²) in [5.41, 5.74) is 0.117. The van der Waals surface area contributed by atoms with Crippen LogP contribution in [0.1, 0.15) is 51.9 Å². The number of ether oxygens (including phenoxy) is 1. The highest BCUT2D eigenvalue weighted by molar-refractivity contribution is 5.71. The van der Waals surface area contributed by atoms with Gasteiger partial charge in [-0.05, 0) is 31.6 Å². The predicted molar refractivity (Wildman–Crippen MR) is 76.7 cm³/mol. The maximum absolute atomic E-state index is 11.3. The first-order valence-electron chi connectivity index (χ1n) is 8.20. The summed E-state index contributed by atoms with van der Waals surface area (Å²) in [5, 5.41) is 9.29. The Morgan fingerprint density at radius 2 is 2.00 bits per heavy atom. The number of carbonyl (C=O) groups is 1. The topological polar surface area (TPSA) is 49.8 Å². The van der Waals surface area contributed by atoms with Crippen LogP contribution in [0.15, 0.2) is 0 Å². The molecule has 2 saturated heterocycles. The van der Waals surface area contributed by atoms with E-state index < -0.39 is 5.97 Å². The van der Waals surface area contributed by atoms with Crippen LogP contribution in [0.5, 0.6) is 0 Å². The number of aliphatic carboxylic acids is 1. The summed E-state index contributed by atoms with van der Waals surface area (Å²) in [6.45, 7) is 4.61. The Bertz CT molecular complexity index is 359. The zero-order chi connectivity index (χ0) is 14.2. The number of likely N-dealkylation sites (tertiary alicyclic amines) is 1. The van der Waals surface area contributed by atoms with E-state index in [0.29, 0.717) is 6.04 Å². The lowest BCUT2D eigenvalue weighted by molar-refractivity contribution is -0.142. The lowest BCUT2D eigenvalue weighted by atomic mass is 9.78. The Kier molecular flexibility index (Phi) is 4.04. The molecule has 1 saturated carbocycles. The maximum atomic E-state index is 11.3. The van der Waals surface area contributed by atoms with Gasteiger partial charge < -0.3 is 9.84 Å². The van der Waals surface area contributed by atoms with E-state index >= 15 is 0 Å². The van der Waals surface area contributed by atoms with Gasteiger partial charge in [0.05, 0.1) is 11.5 Å². The van der Waals surface area contributed by atoms with Crippen molar-refractivity contribution in [1.29, 1.82) is 0 Å². The molecular weight excluding hydrogens is 254 g/mol. The Morgan fingerprint density at radius 1 is 1.25 bits per heavy atom. The summed E-state index contributed by atoms with van der Waals surface area (Å²) in [4.78, 5) is 13.7. The molecule has 1 aliphatic carbocycles. The van der Waals surface area contributed by atoms with E-state index in [2.05, 4.69) is 11.8 Å². The van der Waals surface area contributed by atoms with Gasteiger partial charge in [-0.25, -0.2) is 0 Å². The number of carboxylic acids is 1. The lowest BCUT2D eigenvalue weighted by Crippen LogP contribution is -2.49. The van der Waals surface area contributed by atoms with Crippen molar-refractivity contribution in [3.8, 4) is 0 Å². The van der Waals surface area contributed by atoms with Gasteiger partial charge in [0.2, 0.25) is 0 Å². The van der Waals surface area contributed by atoms with Crippen molar-refractivity contribution < 1.29 is 14.6 Å². The van der Waals surface area contributed by atoms with Gasteiger partial charge in [-0.1, -0.05) is 26.2 Å². The van der Waals surface area contributed by atoms with Crippen LogP contribution >= 0.6 is 0 Å². The molecule has 4 nitrogen and oxygen atoms in total. The van der Waals surface area contributed by atoms with E-state index in [1.807, 2.05) is 0 Å². The molecular formula is C16H27NO3. The first-order valence-corrected chi connectivity index (χ1v) is 8.20. The highest BCUT2D eigenvalue weighted by Gasteiger charge is 2.44. The van der Waals surface area contributed by atoms with Crippen molar-refractivity contribution in [2.24, 2.45) is 11.8 Å². The van der Waals surface area contributed by atoms with E-state index in [0.717, 1.165) is 32.5 Å². The molecule has 0 amide bonds. The van der Waals surface area contributed by atoms with Gasteiger partial charge in [0.1, 0.15) is 0 Å². The standard InChI is InChI=1S/C16H27NO3/c1-12-10-17(11-14(12)15(18)19)13-5-8-20-16(9-13)6-3-2-4-7-16/h12-14H,2-11H2,1H3,(H,18,19).